The molecule has 1 fully saturated rings. The normalized spacial score (nSPS) is 24.4. The second-order valence-electron chi connectivity index (χ2n) is 4.53. The number of carbonyl (C=O) groups excluding carboxylic acids is 1. The van der Waals surface area contributed by atoms with Gasteiger partial charge in [-0.05, 0) is 41.4 Å². The summed E-state index contributed by atoms with van der Waals surface area (Å²) in [5.74, 6) is 0.0223. The fraction of sp³-hybridized carbons (Fsp3) is 0.462. The maximum Gasteiger partial charge on any atom is 0.244 e. The highest BCUT2D eigenvalue weighted by Crippen LogP contribution is 2.28. The molecule has 0 bridgehead atoms. The molecule has 18 heavy (non-hydrogen) atoms. The van der Waals surface area contributed by atoms with E-state index in [0.717, 1.165) is 10.2 Å². The maximum atomic E-state index is 12.3. The van der Waals surface area contributed by atoms with Crippen LogP contribution in [0.1, 0.15) is 13.3 Å². The molecule has 0 saturated carbocycles. The molecule has 0 radical (unpaired) electrons. The van der Waals surface area contributed by atoms with E-state index in [4.69, 9.17) is 5.11 Å². The predicted octanol–water partition coefficient (Wildman–Crippen LogP) is 1.52. The number of aliphatic hydroxyl groups is 1. The lowest BCUT2D eigenvalue weighted by atomic mass is 10.1. The zero-order chi connectivity index (χ0) is 13.1. The first-order chi connectivity index (χ1) is 8.63. The third-order valence-corrected chi connectivity index (χ3v) is 3.74. The summed E-state index contributed by atoms with van der Waals surface area (Å²) >= 11 is 3.47. The Labute approximate surface area is 115 Å². The van der Waals surface area contributed by atoms with Crippen molar-refractivity contribution in [1.82, 2.24) is 5.32 Å². The number of anilines is 1. The second kappa shape index (κ2) is 5.82. The van der Waals surface area contributed by atoms with Gasteiger partial charge >= 0.3 is 0 Å². The summed E-state index contributed by atoms with van der Waals surface area (Å²) in [6.45, 7) is 2.70. The maximum absolute atomic E-state index is 12.3. The average Bonchev–Trinajstić information content (AvgIpc) is 2.34. The number of para-hydroxylation sites is 1. The monoisotopic (exact) mass is 312 g/mol. The molecule has 1 saturated heterocycles. The van der Waals surface area contributed by atoms with E-state index in [1.807, 2.05) is 31.2 Å². The summed E-state index contributed by atoms with van der Waals surface area (Å²) in [5.41, 5.74) is 0.888. The molecule has 0 aromatic heterocycles. The van der Waals surface area contributed by atoms with Crippen LogP contribution in [0, 0.1) is 0 Å². The van der Waals surface area contributed by atoms with Gasteiger partial charge in [-0.2, -0.15) is 0 Å². The Morgan fingerprint density at radius 1 is 1.50 bits per heavy atom. The molecule has 2 unspecified atom stereocenters. The van der Waals surface area contributed by atoms with E-state index in [1.54, 1.807) is 4.90 Å². The first kappa shape index (κ1) is 13.5. The van der Waals surface area contributed by atoms with Gasteiger partial charge in [-0.25, -0.2) is 0 Å². The summed E-state index contributed by atoms with van der Waals surface area (Å²) in [4.78, 5) is 14.1. The highest BCUT2D eigenvalue weighted by Gasteiger charge is 2.32. The molecule has 5 heteroatoms. The van der Waals surface area contributed by atoms with Crippen LogP contribution in [0.15, 0.2) is 28.7 Å². The van der Waals surface area contributed by atoms with Crippen LogP contribution < -0.4 is 10.2 Å². The molecule has 2 atom stereocenters. The molecule has 1 amide bonds. The van der Waals surface area contributed by atoms with Crippen molar-refractivity contribution in [2.24, 2.45) is 0 Å². The van der Waals surface area contributed by atoms with Crippen LogP contribution in [-0.2, 0) is 4.79 Å². The van der Waals surface area contributed by atoms with Crippen LogP contribution >= 0.6 is 15.9 Å². The molecule has 0 aliphatic carbocycles. The van der Waals surface area contributed by atoms with Crippen LogP contribution in [0.4, 0.5) is 5.69 Å². The van der Waals surface area contributed by atoms with Gasteiger partial charge in [-0.1, -0.05) is 12.1 Å². The van der Waals surface area contributed by atoms with E-state index >= 15 is 0 Å². The van der Waals surface area contributed by atoms with Gasteiger partial charge in [-0.3, -0.25) is 4.79 Å². The first-order valence-corrected chi connectivity index (χ1v) is 6.85. The number of nitrogens with one attached hydrogen (secondary N) is 1. The van der Waals surface area contributed by atoms with E-state index in [9.17, 15) is 4.79 Å². The molecular weight excluding hydrogens is 296 g/mol. The number of hydrogen-bond acceptors (Lipinski definition) is 3. The average molecular weight is 313 g/mol. The first-order valence-electron chi connectivity index (χ1n) is 6.06. The molecular formula is C13H17BrN2O2. The molecule has 1 aromatic rings. The third kappa shape index (κ3) is 2.74. The molecule has 0 spiro atoms. The second-order valence-corrected chi connectivity index (χ2v) is 5.39. The molecule has 1 aliphatic rings. The molecule has 2 N–H and O–H groups in total. The molecule has 1 aliphatic heterocycles. The Morgan fingerprint density at radius 2 is 2.22 bits per heavy atom. The Balaban J connectivity index is 2.26. The Hall–Kier alpha value is -0.910. The van der Waals surface area contributed by atoms with Crippen molar-refractivity contribution in [2.45, 2.75) is 25.4 Å². The lowest BCUT2D eigenvalue weighted by Gasteiger charge is -2.37. The lowest BCUT2D eigenvalue weighted by Crippen LogP contribution is -2.59. The van der Waals surface area contributed by atoms with Crippen LogP contribution in [0.25, 0.3) is 0 Å². The summed E-state index contributed by atoms with van der Waals surface area (Å²) in [6, 6.07) is 7.61. The van der Waals surface area contributed by atoms with Crippen molar-refractivity contribution < 1.29 is 9.90 Å². The zero-order valence-corrected chi connectivity index (χ0v) is 11.9. The minimum atomic E-state index is -0.300. The number of rotatable bonds is 3. The van der Waals surface area contributed by atoms with Crippen LogP contribution in [0.2, 0.25) is 0 Å². The van der Waals surface area contributed by atoms with Crippen molar-refractivity contribution in [3.05, 3.63) is 28.7 Å². The molecule has 4 nitrogen and oxygen atoms in total. The minimum Gasteiger partial charge on any atom is -0.396 e. The van der Waals surface area contributed by atoms with Gasteiger partial charge in [0.15, 0.2) is 0 Å². The van der Waals surface area contributed by atoms with E-state index in [0.29, 0.717) is 13.0 Å². The van der Waals surface area contributed by atoms with Gasteiger partial charge in [0, 0.05) is 23.7 Å². The van der Waals surface area contributed by atoms with Crippen LogP contribution in [-0.4, -0.2) is 36.2 Å². The standard InChI is InChI=1S/C13H17BrN2O2/c1-9-8-16(12-5-3-2-4-10(12)14)13(18)11(15-9)6-7-17/h2-5,9,11,15,17H,6-8H2,1H3. The van der Waals surface area contributed by atoms with E-state index in [1.165, 1.54) is 0 Å². The number of carbonyl (C=O) groups is 1. The topological polar surface area (TPSA) is 52.6 Å². The van der Waals surface area contributed by atoms with Crippen molar-refractivity contribution >= 4 is 27.5 Å². The van der Waals surface area contributed by atoms with Crippen LogP contribution in [0.5, 0.6) is 0 Å². The number of piperazine rings is 1. The number of amides is 1. The summed E-state index contributed by atoms with van der Waals surface area (Å²) < 4.78 is 0.912. The fourth-order valence-electron chi connectivity index (χ4n) is 2.24. The zero-order valence-electron chi connectivity index (χ0n) is 10.3. The number of aliphatic hydroxyl groups excluding tert-OH is 1. The summed E-state index contributed by atoms with van der Waals surface area (Å²) in [6.07, 6.45) is 0.449. The van der Waals surface area contributed by atoms with Crippen LogP contribution in [0.3, 0.4) is 0 Å². The Kier molecular flexibility index (Phi) is 4.37. The Morgan fingerprint density at radius 3 is 2.89 bits per heavy atom. The highest BCUT2D eigenvalue weighted by molar-refractivity contribution is 9.10. The quantitative estimate of drug-likeness (QED) is 0.890. The number of nitrogens with zero attached hydrogens (tertiary/aromatic N) is 1. The van der Waals surface area contributed by atoms with Crippen molar-refractivity contribution in [3.8, 4) is 0 Å². The highest BCUT2D eigenvalue weighted by atomic mass is 79.9. The van der Waals surface area contributed by atoms with Gasteiger partial charge in [0.1, 0.15) is 0 Å². The van der Waals surface area contributed by atoms with E-state index in [-0.39, 0.29) is 24.6 Å². The van der Waals surface area contributed by atoms with E-state index in [2.05, 4.69) is 21.2 Å². The molecule has 2 rings (SSSR count). The lowest BCUT2D eigenvalue weighted by molar-refractivity contribution is -0.122. The SMILES string of the molecule is CC1CN(c2ccccc2Br)C(=O)C(CCO)N1. The van der Waals surface area contributed by atoms with E-state index < -0.39 is 0 Å². The van der Waals surface area contributed by atoms with Gasteiger partial charge < -0.3 is 15.3 Å². The summed E-state index contributed by atoms with van der Waals surface area (Å²) in [7, 11) is 0. The Bertz CT molecular complexity index is 439. The fourth-order valence-corrected chi connectivity index (χ4v) is 2.74. The van der Waals surface area contributed by atoms with Crippen molar-refractivity contribution in [1.29, 1.82) is 0 Å². The van der Waals surface area contributed by atoms with Gasteiger partial charge in [-0.15, -0.1) is 0 Å². The smallest absolute Gasteiger partial charge is 0.244 e. The molecule has 1 aromatic carbocycles. The van der Waals surface area contributed by atoms with Crippen molar-refractivity contribution in [3.63, 3.8) is 0 Å². The molecule has 98 valence electrons. The third-order valence-electron chi connectivity index (χ3n) is 3.07. The number of hydrogen-bond donors (Lipinski definition) is 2. The number of benzene rings is 1. The summed E-state index contributed by atoms with van der Waals surface area (Å²) in [5, 5.41) is 12.2. The van der Waals surface area contributed by atoms with Gasteiger partial charge in [0.2, 0.25) is 5.91 Å². The number of halogens is 1. The van der Waals surface area contributed by atoms with Crippen molar-refractivity contribution in [2.75, 3.05) is 18.1 Å². The largest absolute Gasteiger partial charge is 0.396 e. The van der Waals surface area contributed by atoms with Gasteiger partial charge in [0.05, 0.1) is 11.7 Å². The van der Waals surface area contributed by atoms with Gasteiger partial charge in [0.25, 0.3) is 0 Å². The minimum absolute atomic E-state index is 0.0138. The molecule has 1 heterocycles. The predicted molar refractivity (Wildman–Crippen MR) is 74.6 cm³/mol.